The van der Waals surface area contributed by atoms with Crippen molar-refractivity contribution in [3.63, 3.8) is 0 Å². The number of carbonyl (C=O) groups excluding carboxylic acids is 4. The molecule has 12 nitrogen and oxygen atoms in total. The molecule has 12 heteroatoms. The molecule has 1 aromatic carbocycles. The molecule has 3 heterocycles. The van der Waals surface area contributed by atoms with Crippen LogP contribution in [-0.2, 0) is 20.9 Å². The minimum Gasteiger partial charge on any atom is -0.462 e. The first kappa shape index (κ1) is 25.8. The summed E-state index contributed by atoms with van der Waals surface area (Å²) in [6.07, 6.45) is 3.05. The predicted octanol–water partition coefficient (Wildman–Crippen LogP) is 2.43. The number of hydrogen-bond acceptors (Lipinski definition) is 8. The highest BCUT2D eigenvalue weighted by Crippen LogP contribution is 2.12. The van der Waals surface area contributed by atoms with E-state index in [1.165, 1.54) is 30.5 Å². The molecule has 4 rings (SSSR count). The zero-order valence-corrected chi connectivity index (χ0v) is 20.6. The van der Waals surface area contributed by atoms with Crippen LogP contribution in [0.3, 0.4) is 0 Å². The normalized spacial score (nSPS) is 10.9. The number of hydrazone groups is 1. The minimum atomic E-state index is -0.882. The van der Waals surface area contributed by atoms with Gasteiger partial charge >= 0.3 is 17.8 Å². The molecular weight excluding hydrogens is 492 g/mol. The minimum absolute atomic E-state index is 0.0464. The molecule has 0 atom stereocenters. The van der Waals surface area contributed by atoms with Gasteiger partial charge in [0.1, 0.15) is 22.9 Å². The Morgan fingerprint density at radius 1 is 1.05 bits per heavy atom. The molecule has 38 heavy (non-hydrogen) atoms. The maximum absolute atomic E-state index is 12.6. The molecule has 0 bridgehead atoms. The number of aryl methyl sites for hydroxylation is 1. The molecule has 0 unspecified atom stereocenters. The second kappa shape index (κ2) is 11.6. The Morgan fingerprint density at radius 3 is 2.61 bits per heavy atom. The van der Waals surface area contributed by atoms with Crippen molar-refractivity contribution >= 4 is 41.2 Å². The third-order valence-corrected chi connectivity index (χ3v) is 5.24. The second-order valence-corrected chi connectivity index (χ2v) is 7.91. The summed E-state index contributed by atoms with van der Waals surface area (Å²) in [5, 5.41) is 8.81. The number of imidazole rings is 1. The number of furan rings is 1. The van der Waals surface area contributed by atoms with Crippen LogP contribution in [0.1, 0.15) is 45.0 Å². The Bertz CT molecular complexity index is 1520. The Hall–Kier alpha value is -5.26. The van der Waals surface area contributed by atoms with E-state index in [2.05, 4.69) is 26.1 Å². The van der Waals surface area contributed by atoms with E-state index in [1.54, 1.807) is 48.7 Å². The summed E-state index contributed by atoms with van der Waals surface area (Å²) in [6.45, 7) is 3.64. The van der Waals surface area contributed by atoms with Gasteiger partial charge in [-0.2, -0.15) is 5.10 Å². The zero-order chi connectivity index (χ0) is 27.1. The molecule has 0 aliphatic carbocycles. The third kappa shape index (κ3) is 6.10. The summed E-state index contributed by atoms with van der Waals surface area (Å²) in [6, 6.07) is 14.6. The molecule has 0 aliphatic rings. The van der Waals surface area contributed by atoms with E-state index < -0.39 is 23.7 Å². The molecular formula is C26H24N6O6. The number of nitrogens with zero attached hydrogens (tertiary/aromatic N) is 3. The lowest BCUT2D eigenvalue weighted by Gasteiger charge is -2.06. The smallest absolute Gasteiger partial charge is 0.338 e. The SMILES string of the molecule is CCOC(=O)c1ccc(NC(=O)C(=O)NCc2ccc(/C=N/NC(=O)c3c(C)nc4ccccn34)o2)cc1. The van der Waals surface area contributed by atoms with Crippen molar-refractivity contribution in [3.8, 4) is 0 Å². The molecule has 3 amide bonds. The van der Waals surface area contributed by atoms with Crippen LogP contribution in [0.25, 0.3) is 5.65 Å². The van der Waals surface area contributed by atoms with Gasteiger partial charge in [0.15, 0.2) is 0 Å². The highest BCUT2D eigenvalue weighted by molar-refractivity contribution is 6.39. The summed E-state index contributed by atoms with van der Waals surface area (Å²) in [5.41, 5.74) is 4.70. The summed E-state index contributed by atoms with van der Waals surface area (Å²) in [4.78, 5) is 52.9. The van der Waals surface area contributed by atoms with Gasteiger partial charge in [-0.15, -0.1) is 0 Å². The summed E-state index contributed by atoms with van der Waals surface area (Å²) >= 11 is 0. The van der Waals surface area contributed by atoms with Crippen molar-refractivity contribution in [3.05, 3.63) is 89.3 Å². The molecule has 0 saturated carbocycles. The van der Waals surface area contributed by atoms with E-state index >= 15 is 0 Å². The Kier molecular flexibility index (Phi) is 7.92. The first-order valence-electron chi connectivity index (χ1n) is 11.6. The highest BCUT2D eigenvalue weighted by atomic mass is 16.5. The lowest BCUT2D eigenvalue weighted by molar-refractivity contribution is -0.136. The number of amides is 3. The average Bonchev–Trinajstić information content (AvgIpc) is 3.50. The van der Waals surface area contributed by atoms with Crippen molar-refractivity contribution in [2.75, 3.05) is 11.9 Å². The molecule has 4 aromatic rings. The van der Waals surface area contributed by atoms with Crippen LogP contribution < -0.4 is 16.1 Å². The molecule has 0 fully saturated rings. The molecule has 3 N–H and O–H groups in total. The van der Waals surface area contributed by atoms with E-state index in [0.29, 0.717) is 39.8 Å². The second-order valence-electron chi connectivity index (χ2n) is 7.91. The fourth-order valence-corrected chi connectivity index (χ4v) is 3.49. The van der Waals surface area contributed by atoms with Crippen LogP contribution in [0.2, 0.25) is 0 Å². The van der Waals surface area contributed by atoms with Crippen LogP contribution in [-0.4, -0.2) is 45.9 Å². The van der Waals surface area contributed by atoms with E-state index in [0.717, 1.165) is 0 Å². The summed E-state index contributed by atoms with van der Waals surface area (Å²) < 4.78 is 12.1. The standard InChI is InChI=1S/C26H24N6O6/c1-3-37-26(36)17-7-9-18(10-8-17)30-25(35)24(34)27-14-19-11-12-20(38-19)15-28-31-23(33)22-16(2)29-21-6-4-5-13-32(21)22/h4-13,15H,3,14H2,1-2H3,(H,27,34)(H,30,35)(H,31,33)/b28-15+. The number of carbonyl (C=O) groups is 4. The Balaban J connectivity index is 1.26. The van der Waals surface area contributed by atoms with Crippen molar-refractivity contribution in [1.82, 2.24) is 20.1 Å². The van der Waals surface area contributed by atoms with E-state index in [-0.39, 0.29) is 13.2 Å². The van der Waals surface area contributed by atoms with Crippen LogP contribution in [0.15, 0.2) is 70.3 Å². The van der Waals surface area contributed by atoms with Crippen LogP contribution in [0, 0.1) is 6.92 Å². The average molecular weight is 517 g/mol. The van der Waals surface area contributed by atoms with Gasteiger partial charge in [-0.3, -0.25) is 18.8 Å². The van der Waals surface area contributed by atoms with Gasteiger partial charge in [-0.1, -0.05) is 6.07 Å². The van der Waals surface area contributed by atoms with Gasteiger partial charge in [0, 0.05) is 11.9 Å². The number of rotatable bonds is 8. The number of hydrogen-bond donors (Lipinski definition) is 3. The molecule has 0 saturated heterocycles. The molecule has 194 valence electrons. The number of fused-ring (bicyclic) bond motifs is 1. The summed E-state index contributed by atoms with van der Waals surface area (Å²) in [5.74, 6) is -1.96. The lowest BCUT2D eigenvalue weighted by Crippen LogP contribution is -2.34. The number of esters is 1. The predicted molar refractivity (Wildman–Crippen MR) is 137 cm³/mol. The van der Waals surface area contributed by atoms with Crippen LogP contribution in [0.4, 0.5) is 5.69 Å². The Morgan fingerprint density at radius 2 is 1.84 bits per heavy atom. The number of aromatic nitrogens is 2. The number of nitrogens with one attached hydrogen (secondary N) is 3. The maximum Gasteiger partial charge on any atom is 0.338 e. The third-order valence-electron chi connectivity index (χ3n) is 5.24. The number of benzene rings is 1. The maximum atomic E-state index is 12.6. The van der Waals surface area contributed by atoms with E-state index in [1.807, 2.05) is 6.07 Å². The van der Waals surface area contributed by atoms with Gasteiger partial charge in [-0.05, 0) is 62.4 Å². The van der Waals surface area contributed by atoms with E-state index in [9.17, 15) is 19.2 Å². The van der Waals surface area contributed by atoms with Crippen LogP contribution >= 0.6 is 0 Å². The number of anilines is 1. The quantitative estimate of drug-likeness (QED) is 0.140. The lowest BCUT2D eigenvalue weighted by atomic mass is 10.2. The molecule has 3 aromatic heterocycles. The van der Waals surface area contributed by atoms with Gasteiger partial charge in [-0.25, -0.2) is 15.2 Å². The Labute approximate surface area is 216 Å². The first-order chi connectivity index (χ1) is 18.4. The molecule has 0 aliphatic heterocycles. The topological polar surface area (TPSA) is 156 Å². The van der Waals surface area contributed by atoms with Gasteiger partial charge in [0.05, 0.1) is 30.6 Å². The number of pyridine rings is 1. The van der Waals surface area contributed by atoms with Crippen molar-refractivity contribution < 1.29 is 28.3 Å². The monoisotopic (exact) mass is 516 g/mol. The molecule has 0 spiro atoms. The summed E-state index contributed by atoms with van der Waals surface area (Å²) in [7, 11) is 0. The largest absolute Gasteiger partial charge is 0.462 e. The fourth-order valence-electron chi connectivity index (χ4n) is 3.49. The van der Waals surface area contributed by atoms with Crippen LogP contribution in [0.5, 0.6) is 0 Å². The first-order valence-corrected chi connectivity index (χ1v) is 11.6. The fraction of sp³-hybridized carbons (Fsp3) is 0.154. The highest BCUT2D eigenvalue weighted by Gasteiger charge is 2.16. The molecule has 0 radical (unpaired) electrons. The zero-order valence-electron chi connectivity index (χ0n) is 20.6. The van der Waals surface area contributed by atoms with Crippen molar-refractivity contribution in [1.29, 1.82) is 0 Å². The van der Waals surface area contributed by atoms with E-state index in [4.69, 9.17) is 9.15 Å². The van der Waals surface area contributed by atoms with Crippen molar-refractivity contribution in [2.45, 2.75) is 20.4 Å². The van der Waals surface area contributed by atoms with Gasteiger partial charge in [0.2, 0.25) is 0 Å². The van der Waals surface area contributed by atoms with Gasteiger partial charge < -0.3 is 19.8 Å². The van der Waals surface area contributed by atoms with Gasteiger partial charge in [0.25, 0.3) is 5.91 Å². The van der Waals surface area contributed by atoms with Crippen molar-refractivity contribution in [2.24, 2.45) is 5.10 Å². The number of ether oxygens (including phenoxy) is 1.